The molecule has 0 saturated carbocycles. The molecule has 1 aliphatic rings. The van der Waals surface area contributed by atoms with Crippen LogP contribution in [0.25, 0.3) is 11.6 Å². The average molecular weight is 449 g/mol. The third kappa shape index (κ3) is 5.11. The van der Waals surface area contributed by atoms with Crippen molar-refractivity contribution in [1.82, 2.24) is 30.1 Å². The van der Waals surface area contributed by atoms with E-state index in [1.54, 1.807) is 19.2 Å². The number of nitrogens with one attached hydrogen (secondary N) is 3. The molecule has 3 rings (SSSR count). The molecule has 30 heavy (non-hydrogen) atoms. The monoisotopic (exact) mass is 449 g/mol. The molecule has 10 nitrogen and oxygen atoms in total. The van der Waals surface area contributed by atoms with Crippen molar-refractivity contribution in [2.24, 2.45) is 10.9 Å². The highest BCUT2D eigenvalue weighted by molar-refractivity contribution is 7.90. The topological polar surface area (TPSA) is 129 Å². The zero-order chi connectivity index (χ0) is 21.8. The molecule has 3 N–H and O–H groups in total. The van der Waals surface area contributed by atoms with Crippen molar-refractivity contribution in [2.45, 2.75) is 24.9 Å². The van der Waals surface area contributed by atoms with Crippen molar-refractivity contribution in [3.05, 3.63) is 24.2 Å². The number of piperidine rings is 1. The first-order valence-corrected chi connectivity index (χ1v) is 10.6. The largest absolute Gasteiger partial charge is 0.511 e. The summed E-state index contributed by atoms with van der Waals surface area (Å²) in [6.45, 7) is 0.449. The van der Waals surface area contributed by atoms with Crippen molar-refractivity contribution in [1.29, 1.82) is 0 Å². The Morgan fingerprint density at radius 2 is 2.10 bits per heavy atom. The van der Waals surface area contributed by atoms with Crippen molar-refractivity contribution < 1.29 is 26.0 Å². The SMILES string of the molecule is CN=C(NCc1nc(-c2ccco2)n[nH]1)NCC1CCN(S(=O)(=O)C(F)(F)F)CC1. The summed E-state index contributed by atoms with van der Waals surface area (Å²) >= 11 is 0. The fourth-order valence-electron chi connectivity index (χ4n) is 3.02. The van der Waals surface area contributed by atoms with E-state index in [1.165, 1.54) is 6.26 Å². The Morgan fingerprint density at radius 3 is 2.70 bits per heavy atom. The molecule has 1 aliphatic heterocycles. The van der Waals surface area contributed by atoms with Gasteiger partial charge in [-0.1, -0.05) is 0 Å². The van der Waals surface area contributed by atoms with Crippen LogP contribution in [0.3, 0.4) is 0 Å². The average Bonchev–Trinajstić information content (AvgIpc) is 3.39. The molecule has 1 saturated heterocycles. The summed E-state index contributed by atoms with van der Waals surface area (Å²) in [4.78, 5) is 8.39. The number of halogens is 3. The zero-order valence-corrected chi connectivity index (χ0v) is 16.9. The molecule has 0 atom stereocenters. The van der Waals surface area contributed by atoms with Gasteiger partial charge in [-0.15, -0.1) is 5.10 Å². The second kappa shape index (κ2) is 9.04. The third-order valence-electron chi connectivity index (χ3n) is 4.68. The molecule has 1 fully saturated rings. The number of aromatic nitrogens is 3. The number of aliphatic imine (C=N–C) groups is 1. The fraction of sp³-hybridized carbons (Fsp3) is 0.562. The number of hydrogen-bond acceptors (Lipinski definition) is 6. The van der Waals surface area contributed by atoms with E-state index in [-0.39, 0.29) is 19.0 Å². The second-order valence-corrected chi connectivity index (χ2v) is 8.61. The van der Waals surface area contributed by atoms with Gasteiger partial charge in [-0.3, -0.25) is 10.1 Å². The van der Waals surface area contributed by atoms with E-state index in [2.05, 4.69) is 30.8 Å². The van der Waals surface area contributed by atoms with E-state index in [1.807, 2.05) is 0 Å². The Hall–Kier alpha value is -2.61. The van der Waals surface area contributed by atoms with Crippen LogP contribution in [0.15, 0.2) is 27.8 Å². The molecule has 2 aromatic rings. The molecule has 0 aromatic carbocycles. The molecular formula is C16H22F3N7O3S. The minimum Gasteiger partial charge on any atom is -0.461 e. The van der Waals surface area contributed by atoms with Gasteiger partial charge in [-0.05, 0) is 30.9 Å². The van der Waals surface area contributed by atoms with E-state index in [0.29, 0.717) is 53.6 Å². The molecule has 0 bridgehead atoms. The number of hydrogen-bond donors (Lipinski definition) is 3. The number of guanidine groups is 1. The third-order valence-corrected chi connectivity index (χ3v) is 6.31. The highest BCUT2D eigenvalue weighted by Gasteiger charge is 2.50. The minimum atomic E-state index is -5.26. The van der Waals surface area contributed by atoms with Gasteiger partial charge in [-0.25, -0.2) is 13.4 Å². The van der Waals surface area contributed by atoms with Gasteiger partial charge in [0.15, 0.2) is 11.7 Å². The molecular weight excluding hydrogens is 427 g/mol. The lowest BCUT2D eigenvalue weighted by Crippen LogP contribution is -2.47. The van der Waals surface area contributed by atoms with E-state index in [9.17, 15) is 21.6 Å². The summed E-state index contributed by atoms with van der Waals surface area (Å²) in [5.41, 5.74) is -5.26. The van der Waals surface area contributed by atoms with Crippen LogP contribution in [0.2, 0.25) is 0 Å². The molecule has 0 radical (unpaired) electrons. The van der Waals surface area contributed by atoms with E-state index in [4.69, 9.17) is 4.42 Å². The van der Waals surface area contributed by atoms with Gasteiger partial charge in [0.2, 0.25) is 5.82 Å². The van der Waals surface area contributed by atoms with Gasteiger partial charge in [-0.2, -0.15) is 17.5 Å². The highest BCUT2D eigenvalue weighted by atomic mass is 32.2. The van der Waals surface area contributed by atoms with Crippen LogP contribution in [-0.4, -0.2) is 66.1 Å². The van der Waals surface area contributed by atoms with Crippen LogP contribution in [0.5, 0.6) is 0 Å². The number of alkyl halides is 3. The highest BCUT2D eigenvalue weighted by Crippen LogP contribution is 2.30. The Kier molecular flexibility index (Phi) is 6.65. The first kappa shape index (κ1) is 22.1. The van der Waals surface area contributed by atoms with E-state index < -0.39 is 15.5 Å². The summed E-state index contributed by atoms with van der Waals surface area (Å²) in [5, 5.41) is 13.0. The lowest BCUT2D eigenvalue weighted by Gasteiger charge is -2.31. The van der Waals surface area contributed by atoms with Crippen LogP contribution < -0.4 is 10.6 Å². The smallest absolute Gasteiger partial charge is 0.461 e. The summed E-state index contributed by atoms with van der Waals surface area (Å²) in [7, 11) is -3.67. The predicted molar refractivity (Wildman–Crippen MR) is 102 cm³/mol. The maximum absolute atomic E-state index is 12.6. The lowest BCUT2D eigenvalue weighted by molar-refractivity contribution is -0.0496. The molecule has 166 valence electrons. The second-order valence-electron chi connectivity index (χ2n) is 6.68. The van der Waals surface area contributed by atoms with Crippen molar-refractivity contribution in [2.75, 3.05) is 26.7 Å². The first-order valence-electron chi connectivity index (χ1n) is 9.17. The lowest BCUT2D eigenvalue weighted by atomic mass is 9.98. The van der Waals surface area contributed by atoms with Gasteiger partial charge in [0.05, 0.1) is 12.8 Å². The van der Waals surface area contributed by atoms with Gasteiger partial charge in [0, 0.05) is 26.7 Å². The van der Waals surface area contributed by atoms with E-state index in [0.717, 1.165) is 0 Å². The quantitative estimate of drug-likeness (QED) is 0.448. The Morgan fingerprint density at radius 1 is 1.37 bits per heavy atom. The van der Waals surface area contributed by atoms with Crippen molar-refractivity contribution in [3.8, 4) is 11.6 Å². The predicted octanol–water partition coefficient (Wildman–Crippen LogP) is 1.29. The maximum atomic E-state index is 12.6. The Bertz CT molecular complexity index is 949. The summed E-state index contributed by atoms with van der Waals surface area (Å²) < 4.78 is 66.6. The molecule has 0 amide bonds. The number of H-pyrrole nitrogens is 1. The maximum Gasteiger partial charge on any atom is 0.511 e. The Labute approximate surface area is 171 Å². The van der Waals surface area contributed by atoms with Crippen LogP contribution in [-0.2, 0) is 16.6 Å². The molecule has 0 spiro atoms. The number of sulfonamides is 1. The van der Waals surface area contributed by atoms with Gasteiger partial charge in [0.25, 0.3) is 0 Å². The van der Waals surface area contributed by atoms with Crippen LogP contribution in [0.4, 0.5) is 13.2 Å². The van der Waals surface area contributed by atoms with E-state index >= 15 is 0 Å². The fourth-order valence-corrected chi connectivity index (χ4v) is 4.00. The zero-order valence-electron chi connectivity index (χ0n) is 16.1. The van der Waals surface area contributed by atoms with Gasteiger partial charge < -0.3 is 15.1 Å². The van der Waals surface area contributed by atoms with Gasteiger partial charge in [0.1, 0.15) is 5.82 Å². The molecule has 0 aliphatic carbocycles. The number of aromatic amines is 1. The van der Waals surface area contributed by atoms with Crippen LogP contribution in [0.1, 0.15) is 18.7 Å². The first-order chi connectivity index (χ1) is 14.2. The molecule has 0 unspecified atom stereocenters. The normalized spacial score (nSPS) is 17.3. The summed E-state index contributed by atoms with van der Waals surface area (Å²) in [6, 6.07) is 3.48. The van der Waals surface area contributed by atoms with Gasteiger partial charge >= 0.3 is 15.5 Å². The van der Waals surface area contributed by atoms with Crippen LogP contribution in [0, 0.1) is 5.92 Å². The van der Waals surface area contributed by atoms with Crippen molar-refractivity contribution in [3.63, 3.8) is 0 Å². The Balaban J connectivity index is 1.43. The standard InChI is InChI=1S/C16H22F3N7O3S/c1-20-15(22-10-13-23-14(25-24-13)12-3-2-8-29-12)21-9-11-4-6-26(7-5-11)30(27,28)16(17,18)19/h2-3,8,11H,4-7,9-10H2,1H3,(H2,20,21,22)(H,23,24,25). The number of nitrogens with zero attached hydrogens (tertiary/aromatic N) is 4. The molecule has 2 aromatic heterocycles. The number of rotatable bonds is 6. The molecule has 14 heteroatoms. The summed E-state index contributed by atoms with van der Waals surface area (Å²) in [6.07, 6.45) is 2.18. The van der Waals surface area contributed by atoms with Crippen molar-refractivity contribution >= 4 is 16.0 Å². The summed E-state index contributed by atoms with van der Waals surface area (Å²) in [5.74, 6) is 2.05. The van der Waals surface area contributed by atoms with Crippen LogP contribution >= 0.6 is 0 Å². The molecule has 3 heterocycles. The minimum absolute atomic E-state index is 0.0269. The number of furan rings is 1.